The van der Waals surface area contributed by atoms with Crippen LogP contribution in [0.3, 0.4) is 0 Å². The Bertz CT molecular complexity index is 593. The highest BCUT2D eigenvalue weighted by Gasteiger charge is 2.16. The Kier molecular flexibility index (Phi) is 5.72. The SMILES string of the molecule is CC(C)Cc1cc(C(=O)NC(CO)Cc2ccccc2)n[nH]1. The maximum Gasteiger partial charge on any atom is 0.272 e. The van der Waals surface area contributed by atoms with Gasteiger partial charge in [0.1, 0.15) is 5.69 Å². The lowest BCUT2D eigenvalue weighted by molar-refractivity contribution is 0.0911. The highest BCUT2D eigenvalue weighted by atomic mass is 16.3. The fraction of sp³-hybridized carbons (Fsp3) is 0.412. The standard InChI is InChI=1S/C17H23N3O2/c1-12(2)8-14-10-16(20-19-14)17(22)18-15(11-21)9-13-6-4-3-5-7-13/h3-7,10,12,15,21H,8-9,11H2,1-2H3,(H,18,22)(H,19,20). The van der Waals surface area contributed by atoms with Gasteiger partial charge >= 0.3 is 0 Å². The summed E-state index contributed by atoms with van der Waals surface area (Å²) in [7, 11) is 0. The first-order valence-corrected chi connectivity index (χ1v) is 7.58. The zero-order chi connectivity index (χ0) is 15.9. The van der Waals surface area contributed by atoms with Crippen molar-refractivity contribution in [2.24, 2.45) is 5.92 Å². The summed E-state index contributed by atoms with van der Waals surface area (Å²) in [5, 5.41) is 19.2. The summed E-state index contributed by atoms with van der Waals surface area (Å²) in [4.78, 5) is 12.2. The number of carbonyl (C=O) groups is 1. The van der Waals surface area contributed by atoms with Gasteiger partial charge in [-0.3, -0.25) is 9.89 Å². The van der Waals surface area contributed by atoms with E-state index in [0.717, 1.165) is 17.7 Å². The van der Waals surface area contributed by atoms with Gasteiger partial charge in [0.05, 0.1) is 12.6 Å². The minimum atomic E-state index is -0.319. The second kappa shape index (κ2) is 7.75. The lowest BCUT2D eigenvalue weighted by Crippen LogP contribution is -2.39. The molecule has 5 heteroatoms. The molecule has 0 radical (unpaired) electrons. The molecule has 5 nitrogen and oxygen atoms in total. The quantitative estimate of drug-likeness (QED) is 0.731. The molecular formula is C17H23N3O2. The fourth-order valence-electron chi connectivity index (χ4n) is 2.34. The number of carbonyl (C=O) groups excluding carboxylic acids is 1. The molecule has 2 rings (SSSR count). The molecule has 0 saturated carbocycles. The van der Waals surface area contributed by atoms with E-state index < -0.39 is 0 Å². The normalized spacial score (nSPS) is 12.4. The number of aromatic amines is 1. The molecule has 3 N–H and O–H groups in total. The Labute approximate surface area is 130 Å². The molecule has 0 aliphatic carbocycles. The van der Waals surface area contributed by atoms with Crippen LogP contribution in [0.25, 0.3) is 0 Å². The third-order valence-electron chi connectivity index (χ3n) is 3.37. The second-order valence-electron chi connectivity index (χ2n) is 5.92. The third kappa shape index (κ3) is 4.70. The summed E-state index contributed by atoms with van der Waals surface area (Å²) >= 11 is 0. The highest BCUT2D eigenvalue weighted by molar-refractivity contribution is 5.92. The van der Waals surface area contributed by atoms with Crippen LogP contribution < -0.4 is 5.32 Å². The third-order valence-corrected chi connectivity index (χ3v) is 3.37. The molecule has 0 spiro atoms. The van der Waals surface area contributed by atoms with Gasteiger partial charge < -0.3 is 10.4 Å². The predicted molar refractivity (Wildman–Crippen MR) is 85.6 cm³/mol. The Balaban J connectivity index is 1.95. The molecule has 1 aromatic heterocycles. The van der Waals surface area contributed by atoms with Gasteiger partial charge in [-0.05, 0) is 30.4 Å². The Morgan fingerprint density at radius 1 is 1.27 bits per heavy atom. The average molecular weight is 301 g/mol. The Morgan fingerprint density at radius 3 is 2.64 bits per heavy atom. The van der Waals surface area contributed by atoms with Gasteiger partial charge in [-0.2, -0.15) is 5.10 Å². The second-order valence-corrected chi connectivity index (χ2v) is 5.92. The molecule has 2 aromatic rings. The minimum absolute atomic E-state index is 0.107. The number of rotatable bonds is 7. The van der Waals surface area contributed by atoms with Gasteiger partial charge in [0.2, 0.25) is 0 Å². The van der Waals surface area contributed by atoms with E-state index in [-0.39, 0.29) is 18.6 Å². The number of aliphatic hydroxyl groups is 1. The van der Waals surface area contributed by atoms with Gasteiger partial charge in [-0.25, -0.2) is 0 Å². The zero-order valence-corrected chi connectivity index (χ0v) is 13.0. The predicted octanol–water partition coefficient (Wildman–Crippen LogP) is 1.94. The van der Waals surface area contributed by atoms with E-state index in [1.165, 1.54) is 0 Å². The Hall–Kier alpha value is -2.14. The summed E-state index contributed by atoms with van der Waals surface area (Å²) in [5.74, 6) is 0.237. The van der Waals surface area contributed by atoms with Crippen LogP contribution in [0.5, 0.6) is 0 Å². The topological polar surface area (TPSA) is 78.0 Å². The van der Waals surface area contributed by atoms with E-state index in [4.69, 9.17) is 0 Å². The molecule has 1 heterocycles. The summed E-state index contributed by atoms with van der Waals surface area (Å²) in [6.07, 6.45) is 1.44. The van der Waals surface area contributed by atoms with Crippen molar-refractivity contribution in [1.29, 1.82) is 0 Å². The van der Waals surface area contributed by atoms with Crippen LogP contribution >= 0.6 is 0 Å². The van der Waals surface area contributed by atoms with Gasteiger partial charge in [0.25, 0.3) is 5.91 Å². The van der Waals surface area contributed by atoms with Crippen molar-refractivity contribution < 1.29 is 9.90 Å². The molecule has 0 aliphatic rings. The number of amides is 1. The van der Waals surface area contributed by atoms with Crippen molar-refractivity contribution in [3.05, 3.63) is 53.3 Å². The lowest BCUT2D eigenvalue weighted by atomic mass is 10.1. The van der Waals surface area contributed by atoms with E-state index in [0.29, 0.717) is 18.0 Å². The number of nitrogens with zero attached hydrogens (tertiary/aromatic N) is 1. The van der Waals surface area contributed by atoms with Crippen LogP contribution in [0.15, 0.2) is 36.4 Å². The number of H-pyrrole nitrogens is 1. The van der Waals surface area contributed by atoms with Gasteiger partial charge in [-0.1, -0.05) is 44.2 Å². The summed E-state index contributed by atoms with van der Waals surface area (Å²) in [6, 6.07) is 11.2. The maximum absolute atomic E-state index is 12.2. The smallest absolute Gasteiger partial charge is 0.272 e. The molecule has 118 valence electrons. The first-order valence-electron chi connectivity index (χ1n) is 7.58. The zero-order valence-electron chi connectivity index (χ0n) is 13.0. The first kappa shape index (κ1) is 16.2. The van der Waals surface area contributed by atoms with E-state index in [1.807, 2.05) is 30.3 Å². The summed E-state index contributed by atoms with van der Waals surface area (Å²) < 4.78 is 0. The number of aliphatic hydroxyl groups excluding tert-OH is 1. The monoisotopic (exact) mass is 301 g/mol. The fourth-order valence-corrected chi connectivity index (χ4v) is 2.34. The molecule has 0 aliphatic heterocycles. The van der Waals surface area contributed by atoms with Crippen molar-refractivity contribution >= 4 is 5.91 Å². The van der Waals surface area contributed by atoms with E-state index >= 15 is 0 Å². The van der Waals surface area contributed by atoms with E-state index in [1.54, 1.807) is 6.07 Å². The summed E-state index contributed by atoms with van der Waals surface area (Å²) in [6.45, 7) is 4.12. The molecule has 1 aromatic carbocycles. The molecule has 0 fully saturated rings. The van der Waals surface area contributed by atoms with Gasteiger partial charge in [0.15, 0.2) is 0 Å². The van der Waals surface area contributed by atoms with Crippen LogP contribution in [0.1, 0.15) is 35.6 Å². The van der Waals surface area contributed by atoms with E-state index in [9.17, 15) is 9.90 Å². The number of hydrogen-bond acceptors (Lipinski definition) is 3. The molecule has 22 heavy (non-hydrogen) atoms. The van der Waals surface area contributed by atoms with Gasteiger partial charge in [-0.15, -0.1) is 0 Å². The molecule has 0 saturated heterocycles. The van der Waals surface area contributed by atoms with Gasteiger partial charge in [0, 0.05) is 5.69 Å². The molecule has 1 atom stereocenters. The lowest BCUT2D eigenvalue weighted by Gasteiger charge is -2.15. The van der Waals surface area contributed by atoms with Crippen molar-refractivity contribution in [1.82, 2.24) is 15.5 Å². The van der Waals surface area contributed by atoms with Crippen LogP contribution in [-0.4, -0.2) is 33.9 Å². The first-order chi connectivity index (χ1) is 10.6. The average Bonchev–Trinajstić information content (AvgIpc) is 2.95. The summed E-state index contributed by atoms with van der Waals surface area (Å²) in [5.41, 5.74) is 2.38. The molecule has 1 amide bonds. The maximum atomic E-state index is 12.2. The van der Waals surface area contributed by atoms with Crippen LogP contribution in [-0.2, 0) is 12.8 Å². The van der Waals surface area contributed by atoms with Crippen molar-refractivity contribution in [2.45, 2.75) is 32.7 Å². The minimum Gasteiger partial charge on any atom is -0.394 e. The van der Waals surface area contributed by atoms with Crippen molar-refractivity contribution in [3.8, 4) is 0 Å². The van der Waals surface area contributed by atoms with Crippen LogP contribution in [0, 0.1) is 5.92 Å². The van der Waals surface area contributed by atoms with E-state index in [2.05, 4.69) is 29.4 Å². The highest BCUT2D eigenvalue weighted by Crippen LogP contribution is 2.08. The number of benzene rings is 1. The molecular weight excluding hydrogens is 278 g/mol. The number of aromatic nitrogens is 2. The van der Waals surface area contributed by atoms with Crippen LogP contribution in [0.4, 0.5) is 0 Å². The molecule has 1 unspecified atom stereocenters. The van der Waals surface area contributed by atoms with Crippen LogP contribution in [0.2, 0.25) is 0 Å². The molecule has 0 bridgehead atoms. The van der Waals surface area contributed by atoms with Crippen molar-refractivity contribution in [2.75, 3.05) is 6.61 Å². The largest absolute Gasteiger partial charge is 0.394 e. The van der Waals surface area contributed by atoms with Crippen molar-refractivity contribution in [3.63, 3.8) is 0 Å². The number of nitrogens with one attached hydrogen (secondary N) is 2. The Morgan fingerprint density at radius 2 is 2.00 bits per heavy atom. The number of hydrogen-bond donors (Lipinski definition) is 3.